The van der Waals surface area contributed by atoms with Gasteiger partial charge < -0.3 is 15.0 Å². The van der Waals surface area contributed by atoms with Gasteiger partial charge in [-0.2, -0.15) is 23.1 Å². The van der Waals surface area contributed by atoms with Crippen LogP contribution in [0.25, 0.3) is 33.7 Å². The number of aromatic nitrogens is 8. The number of hydrogen-bond acceptors (Lipinski definition) is 11. The number of pyridine rings is 2. The predicted octanol–water partition coefficient (Wildman–Crippen LogP) is 1.93. The fraction of sp³-hybridized carbons (Fsp3) is 0.391. The van der Waals surface area contributed by atoms with E-state index < -0.39 is 17.9 Å². The predicted molar refractivity (Wildman–Crippen MR) is 127 cm³/mol. The van der Waals surface area contributed by atoms with Gasteiger partial charge in [-0.1, -0.05) is 0 Å². The Morgan fingerprint density at radius 1 is 1.05 bits per heavy atom. The maximum atomic E-state index is 13.0. The van der Waals surface area contributed by atoms with Crippen molar-refractivity contribution in [3.8, 4) is 28.3 Å². The number of piperazine rings is 1. The molecule has 0 spiro atoms. The van der Waals surface area contributed by atoms with Crippen LogP contribution in [0.1, 0.15) is 12.8 Å². The fourth-order valence-electron chi connectivity index (χ4n) is 4.40. The fourth-order valence-corrected chi connectivity index (χ4v) is 4.40. The van der Waals surface area contributed by atoms with Crippen LogP contribution in [-0.4, -0.2) is 78.0 Å². The second-order valence-corrected chi connectivity index (χ2v) is 9.20. The molecule has 38 heavy (non-hydrogen) atoms. The molecule has 4 aromatic heterocycles. The van der Waals surface area contributed by atoms with Gasteiger partial charge in [0.15, 0.2) is 5.75 Å². The lowest BCUT2D eigenvalue weighted by molar-refractivity contribution is -0.189. The van der Waals surface area contributed by atoms with E-state index in [1.54, 1.807) is 13.1 Å². The monoisotopic (exact) mass is 526 g/mol. The molecule has 1 atom stereocenters. The summed E-state index contributed by atoms with van der Waals surface area (Å²) in [6.45, 7) is 2.25. The number of carbonyl (C=O) groups excluding carboxylic acids is 1. The molecule has 1 N–H and O–H groups in total. The van der Waals surface area contributed by atoms with Gasteiger partial charge in [-0.15, -0.1) is 15.3 Å². The third-order valence-corrected chi connectivity index (χ3v) is 6.43. The minimum absolute atomic E-state index is 0.0571. The summed E-state index contributed by atoms with van der Waals surface area (Å²) in [5.41, 5.74) is 1.67. The average Bonchev–Trinajstić information content (AvgIpc) is 3.69. The minimum atomic E-state index is -5.21. The number of rotatable bonds is 5. The Bertz CT molecular complexity index is 1500. The zero-order chi connectivity index (χ0) is 26.4. The average molecular weight is 526 g/mol. The smallest absolute Gasteiger partial charge is 0.417 e. The van der Waals surface area contributed by atoms with E-state index in [1.165, 1.54) is 42.3 Å². The van der Waals surface area contributed by atoms with Crippen molar-refractivity contribution in [1.29, 1.82) is 0 Å². The standard InChI is InChI=1S/C23H21F3N10O2/c1-35-33-15-6-13(9-29-20(15)34-35)14-7-18(38-21(37)23(24,25)26)19(28-8-14)16-10-30-22(32-31-16)36-5-4-27-17(11-36)12-2-3-12/h6-10,12,17,27H,2-5,11H2,1H3/t17-/m1/s1. The molecular formula is C23H21F3N10O2. The number of esters is 1. The highest BCUT2D eigenvalue weighted by Crippen LogP contribution is 2.35. The molecule has 4 aromatic rings. The molecule has 1 aliphatic carbocycles. The molecule has 1 saturated heterocycles. The van der Waals surface area contributed by atoms with Gasteiger partial charge in [0.05, 0.1) is 6.20 Å². The molecule has 2 aliphatic rings. The summed E-state index contributed by atoms with van der Waals surface area (Å²) in [6.07, 6.45) is 1.44. The van der Waals surface area contributed by atoms with Crippen molar-refractivity contribution >= 4 is 23.1 Å². The van der Waals surface area contributed by atoms with Crippen LogP contribution in [0.3, 0.4) is 0 Å². The largest absolute Gasteiger partial charge is 0.491 e. The molecule has 0 bridgehead atoms. The summed E-state index contributed by atoms with van der Waals surface area (Å²) in [7, 11) is 1.64. The van der Waals surface area contributed by atoms with Gasteiger partial charge >= 0.3 is 12.1 Å². The SMILES string of the molecule is Cn1nc2cc(-c3cnc(-c4cnc(N5CCN[C@@H](C6CC6)C5)nn4)c(OC(=O)C(F)(F)F)c3)cnc2n1. The molecule has 5 heterocycles. The van der Waals surface area contributed by atoms with Crippen molar-refractivity contribution in [1.82, 2.24) is 45.5 Å². The highest BCUT2D eigenvalue weighted by Gasteiger charge is 2.42. The van der Waals surface area contributed by atoms with Gasteiger partial charge in [-0.3, -0.25) is 0 Å². The lowest BCUT2D eigenvalue weighted by Crippen LogP contribution is -2.52. The quantitative estimate of drug-likeness (QED) is 0.382. The van der Waals surface area contributed by atoms with Crippen molar-refractivity contribution in [3.05, 3.63) is 30.7 Å². The number of hydrogen-bond donors (Lipinski definition) is 1. The van der Waals surface area contributed by atoms with Crippen LogP contribution in [-0.2, 0) is 11.8 Å². The molecule has 0 radical (unpaired) electrons. The highest BCUT2D eigenvalue weighted by atomic mass is 19.4. The van der Waals surface area contributed by atoms with Crippen LogP contribution in [0.5, 0.6) is 5.75 Å². The van der Waals surface area contributed by atoms with E-state index in [4.69, 9.17) is 4.74 Å². The van der Waals surface area contributed by atoms with E-state index in [-0.39, 0.29) is 11.4 Å². The zero-order valence-corrected chi connectivity index (χ0v) is 20.1. The summed E-state index contributed by atoms with van der Waals surface area (Å²) < 4.78 is 43.9. The second kappa shape index (κ2) is 9.24. The lowest BCUT2D eigenvalue weighted by atomic mass is 10.1. The third kappa shape index (κ3) is 4.83. The molecule has 12 nitrogen and oxygen atoms in total. The van der Waals surface area contributed by atoms with E-state index in [2.05, 4.69) is 40.7 Å². The Labute approximate surface area is 213 Å². The molecule has 0 unspecified atom stereocenters. The molecular weight excluding hydrogens is 505 g/mol. The first-order chi connectivity index (χ1) is 18.2. The number of aryl methyl sites for hydroxylation is 1. The molecule has 6 rings (SSSR count). The van der Waals surface area contributed by atoms with Crippen molar-refractivity contribution in [2.75, 3.05) is 24.5 Å². The molecule has 0 aromatic carbocycles. The summed E-state index contributed by atoms with van der Waals surface area (Å²) in [5.74, 6) is -1.76. The van der Waals surface area contributed by atoms with Gasteiger partial charge in [-0.25, -0.2) is 19.7 Å². The number of anilines is 1. The van der Waals surface area contributed by atoms with Crippen LogP contribution in [0.15, 0.2) is 30.7 Å². The van der Waals surface area contributed by atoms with E-state index >= 15 is 0 Å². The Balaban J connectivity index is 1.32. The van der Waals surface area contributed by atoms with Crippen molar-refractivity contribution in [2.45, 2.75) is 25.1 Å². The lowest BCUT2D eigenvalue weighted by Gasteiger charge is -2.33. The highest BCUT2D eigenvalue weighted by molar-refractivity contribution is 5.82. The van der Waals surface area contributed by atoms with Gasteiger partial charge in [0.2, 0.25) is 11.6 Å². The first kappa shape index (κ1) is 24.1. The Hall–Kier alpha value is -4.27. The van der Waals surface area contributed by atoms with Crippen LogP contribution in [0, 0.1) is 5.92 Å². The van der Waals surface area contributed by atoms with Gasteiger partial charge in [0, 0.05) is 56.2 Å². The van der Waals surface area contributed by atoms with E-state index in [0.717, 1.165) is 13.1 Å². The summed E-state index contributed by atoms with van der Waals surface area (Å²) in [6, 6.07) is 3.28. The number of halogens is 3. The second-order valence-electron chi connectivity index (χ2n) is 9.20. The molecule has 196 valence electrons. The minimum Gasteiger partial charge on any atom is -0.417 e. The molecule has 2 fully saturated rings. The van der Waals surface area contributed by atoms with Gasteiger partial charge in [0.25, 0.3) is 0 Å². The zero-order valence-electron chi connectivity index (χ0n) is 20.1. The Morgan fingerprint density at radius 3 is 2.58 bits per heavy atom. The van der Waals surface area contributed by atoms with Crippen molar-refractivity contribution in [3.63, 3.8) is 0 Å². The number of alkyl halides is 3. The van der Waals surface area contributed by atoms with Crippen LogP contribution in [0.2, 0.25) is 0 Å². The molecule has 1 saturated carbocycles. The molecule has 0 amide bonds. The summed E-state index contributed by atoms with van der Waals surface area (Å²) in [5, 5.41) is 20.1. The normalized spacial score (nSPS) is 18.1. The maximum Gasteiger partial charge on any atom is 0.491 e. The maximum absolute atomic E-state index is 13.0. The van der Waals surface area contributed by atoms with Crippen molar-refractivity contribution in [2.24, 2.45) is 13.0 Å². The number of fused-ring (bicyclic) bond motifs is 1. The number of nitrogens with one attached hydrogen (secondary N) is 1. The summed E-state index contributed by atoms with van der Waals surface area (Å²) in [4.78, 5) is 27.9. The van der Waals surface area contributed by atoms with Crippen LogP contribution in [0.4, 0.5) is 19.1 Å². The third-order valence-electron chi connectivity index (χ3n) is 6.43. The molecule has 15 heteroatoms. The van der Waals surface area contributed by atoms with E-state index in [9.17, 15) is 18.0 Å². The van der Waals surface area contributed by atoms with Gasteiger partial charge in [0.1, 0.15) is 16.9 Å². The number of nitrogens with zero attached hydrogens (tertiary/aromatic N) is 9. The topological polar surface area (TPSA) is 137 Å². The van der Waals surface area contributed by atoms with Crippen molar-refractivity contribution < 1.29 is 22.7 Å². The first-order valence-corrected chi connectivity index (χ1v) is 11.9. The number of carbonyl (C=O) groups is 1. The van der Waals surface area contributed by atoms with E-state index in [0.29, 0.717) is 46.7 Å². The van der Waals surface area contributed by atoms with Crippen LogP contribution < -0.4 is 15.0 Å². The summed E-state index contributed by atoms with van der Waals surface area (Å²) >= 11 is 0. The van der Waals surface area contributed by atoms with Gasteiger partial charge in [-0.05, 0) is 30.9 Å². The molecule has 1 aliphatic heterocycles. The Morgan fingerprint density at radius 2 is 1.84 bits per heavy atom. The van der Waals surface area contributed by atoms with E-state index in [1.807, 2.05) is 4.90 Å². The van der Waals surface area contributed by atoms with Crippen LogP contribution >= 0.6 is 0 Å². The number of ether oxygens (including phenoxy) is 1. The first-order valence-electron chi connectivity index (χ1n) is 11.9. The Kier molecular flexibility index (Phi) is 5.86.